The maximum Gasteiger partial charge on any atom is 1.00 e. The number of unbranched alkanes of at least 4 members (excludes halogenated alkanes) is 2. The third-order valence-electron chi connectivity index (χ3n) is 3.11. The Bertz CT molecular complexity index is 371. The van der Waals surface area contributed by atoms with Gasteiger partial charge in [0.2, 0.25) is 0 Å². The van der Waals surface area contributed by atoms with Gasteiger partial charge in [-0.25, -0.2) is 8.42 Å². The zero-order chi connectivity index (χ0) is 12.9. The standard InChI is InChI=1S/C11H21NO4S.K/c1-11(6-8-17(15,16)9-11)12-7-4-2-3-5-10(13)14;/h12H,2-9H2,1H3,(H,13,14);/q;+1/p-1. The Morgan fingerprint density at radius 1 is 1.33 bits per heavy atom. The van der Waals surface area contributed by atoms with Crippen molar-refractivity contribution in [2.75, 3.05) is 18.1 Å². The molecule has 0 aliphatic carbocycles. The third kappa shape index (κ3) is 7.57. The van der Waals surface area contributed by atoms with Gasteiger partial charge >= 0.3 is 51.4 Å². The zero-order valence-corrected chi connectivity index (χ0v) is 15.1. The van der Waals surface area contributed by atoms with Crippen LogP contribution in [0, 0.1) is 0 Å². The molecule has 1 fully saturated rings. The van der Waals surface area contributed by atoms with Gasteiger partial charge in [0.1, 0.15) is 0 Å². The zero-order valence-electron chi connectivity index (χ0n) is 11.2. The first-order valence-electron chi connectivity index (χ1n) is 5.98. The van der Waals surface area contributed by atoms with Crippen LogP contribution < -0.4 is 61.8 Å². The van der Waals surface area contributed by atoms with Crippen LogP contribution in [0.15, 0.2) is 0 Å². The van der Waals surface area contributed by atoms with Crippen LogP contribution in [0.2, 0.25) is 0 Å². The van der Waals surface area contributed by atoms with Crippen molar-refractivity contribution < 1.29 is 69.7 Å². The Labute approximate surface area is 151 Å². The summed E-state index contributed by atoms with van der Waals surface area (Å²) >= 11 is 0. The second-order valence-electron chi connectivity index (χ2n) is 5.01. The number of hydrogen-bond acceptors (Lipinski definition) is 5. The number of sulfone groups is 1. The van der Waals surface area contributed by atoms with Crippen LogP contribution in [-0.4, -0.2) is 38.0 Å². The Hall–Kier alpha value is 1.02. The van der Waals surface area contributed by atoms with Gasteiger partial charge in [0.25, 0.3) is 0 Å². The maximum atomic E-state index is 11.3. The van der Waals surface area contributed by atoms with Crippen LogP contribution in [0.4, 0.5) is 0 Å². The van der Waals surface area contributed by atoms with E-state index >= 15 is 0 Å². The summed E-state index contributed by atoms with van der Waals surface area (Å²) < 4.78 is 22.7. The number of hydrogen-bond donors (Lipinski definition) is 1. The topological polar surface area (TPSA) is 86.3 Å². The van der Waals surface area contributed by atoms with Gasteiger partial charge in [0, 0.05) is 11.5 Å². The Kier molecular flexibility index (Phi) is 8.81. The second kappa shape index (κ2) is 8.34. The van der Waals surface area contributed by atoms with E-state index in [2.05, 4.69) is 5.32 Å². The Morgan fingerprint density at radius 3 is 2.50 bits per heavy atom. The first-order valence-corrected chi connectivity index (χ1v) is 7.80. The number of carbonyl (C=O) groups is 1. The molecule has 7 heteroatoms. The molecular formula is C11H20KNO4S. The summed E-state index contributed by atoms with van der Waals surface area (Å²) in [6.45, 7) is 2.66. The van der Waals surface area contributed by atoms with E-state index in [0.29, 0.717) is 12.8 Å². The van der Waals surface area contributed by atoms with Crippen molar-refractivity contribution in [1.82, 2.24) is 5.32 Å². The van der Waals surface area contributed by atoms with Crippen molar-refractivity contribution in [3.63, 3.8) is 0 Å². The summed E-state index contributed by atoms with van der Waals surface area (Å²) in [6, 6.07) is 0. The summed E-state index contributed by atoms with van der Waals surface area (Å²) in [4.78, 5) is 10.2. The molecule has 0 saturated carbocycles. The summed E-state index contributed by atoms with van der Waals surface area (Å²) in [6.07, 6.45) is 3.08. The number of carboxylic acid groups (broad SMARTS) is 1. The number of carboxylic acids is 1. The molecule has 1 atom stereocenters. The number of rotatable bonds is 7. The molecule has 0 spiro atoms. The van der Waals surface area contributed by atoms with Crippen LogP contribution >= 0.6 is 0 Å². The molecule has 0 bridgehead atoms. The van der Waals surface area contributed by atoms with Crippen molar-refractivity contribution >= 4 is 15.8 Å². The summed E-state index contributed by atoms with van der Waals surface area (Å²) in [5, 5.41) is 13.4. The normalized spacial score (nSPS) is 25.6. The van der Waals surface area contributed by atoms with Gasteiger partial charge in [-0.2, -0.15) is 0 Å². The minimum absolute atomic E-state index is 0. The predicted molar refractivity (Wildman–Crippen MR) is 63.2 cm³/mol. The largest absolute Gasteiger partial charge is 1.00 e. The van der Waals surface area contributed by atoms with E-state index < -0.39 is 15.8 Å². The van der Waals surface area contributed by atoms with Crippen molar-refractivity contribution in [1.29, 1.82) is 0 Å². The van der Waals surface area contributed by atoms with Gasteiger partial charge in [-0.05, 0) is 39.2 Å². The molecule has 1 saturated heterocycles. The van der Waals surface area contributed by atoms with E-state index in [1.165, 1.54) is 0 Å². The van der Waals surface area contributed by atoms with Crippen molar-refractivity contribution in [2.24, 2.45) is 0 Å². The second-order valence-corrected chi connectivity index (χ2v) is 7.20. The summed E-state index contributed by atoms with van der Waals surface area (Å²) in [5.41, 5.74) is -0.298. The molecule has 0 amide bonds. The van der Waals surface area contributed by atoms with Gasteiger partial charge < -0.3 is 15.2 Å². The maximum absolute atomic E-state index is 11.3. The van der Waals surface area contributed by atoms with Crippen LogP contribution in [0.3, 0.4) is 0 Å². The van der Waals surface area contributed by atoms with E-state index in [-0.39, 0.29) is 74.8 Å². The van der Waals surface area contributed by atoms with Gasteiger partial charge in [-0.15, -0.1) is 0 Å². The molecule has 1 aliphatic heterocycles. The van der Waals surface area contributed by atoms with E-state index in [9.17, 15) is 18.3 Å². The first-order chi connectivity index (χ1) is 7.83. The monoisotopic (exact) mass is 301 g/mol. The minimum Gasteiger partial charge on any atom is -0.550 e. The minimum atomic E-state index is -2.86. The molecule has 1 N–H and O–H groups in total. The molecule has 0 aromatic rings. The molecule has 5 nitrogen and oxygen atoms in total. The average Bonchev–Trinajstić information content (AvgIpc) is 2.47. The van der Waals surface area contributed by atoms with Crippen molar-refractivity contribution in [3.05, 3.63) is 0 Å². The average molecular weight is 301 g/mol. The predicted octanol–water partition coefficient (Wildman–Crippen LogP) is -3.53. The molecule has 100 valence electrons. The fraction of sp³-hybridized carbons (Fsp3) is 0.909. The smallest absolute Gasteiger partial charge is 0.550 e. The number of carbonyl (C=O) groups excluding carboxylic acids is 1. The molecule has 1 rings (SSSR count). The van der Waals surface area contributed by atoms with Gasteiger partial charge in [0.05, 0.1) is 11.5 Å². The van der Waals surface area contributed by atoms with Crippen LogP contribution in [0.5, 0.6) is 0 Å². The van der Waals surface area contributed by atoms with Crippen LogP contribution in [0.1, 0.15) is 39.0 Å². The molecule has 0 radical (unpaired) electrons. The number of nitrogens with one attached hydrogen (secondary N) is 1. The molecule has 1 aliphatic rings. The van der Waals surface area contributed by atoms with Gasteiger partial charge in [-0.3, -0.25) is 0 Å². The molecule has 0 aromatic heterocycles. The van der Waals surface area contributed by atoms with Crippen molar-refractivity contribution in [2.45, 2.75) is 44.6 Å². The Balaban J connectivity index is 0.00000289. The van der Waals surface area contributed by atoms with Gasteiger partial charge in [-0.1, -0.05) is 6.42 Å². The molecule has 1 heterocycles. The van der Waals surface area contributed by atoms with E-state index in [4.69, 9.17) is 0 Å². The quantitative estimate of drug-likeness (QED) is 0.389. The van der Waals surface area contributed by atoms with E-state index in [1.807, 2.05) is 6.92 Å². The molecular weight excluding hydrogens is 281 g/mol. The van der Waals surface area contributed by atoms with E-state index in [1.54, 1.807) is 0 Å². The van der Waals surface area contributed by atoms with Gasteiger partial charge in [0.15, 0.2) is 9.84 Å². The number of aliphatic carboxylic acids is 1. The first kappa shape index (κ1) is 19.0. The van der Waals surface area contributed by atoms with Crippen molar-refractivity contribution in [3.8, 4) is 0 Å². The third-order valence-corrected chi connectivity index (χ3v) is 5.02. The Morgan fingerprint density at radius 2 is 2.00 bits per heavy atom. The molecule has 1 unspecified atom stereocenters. The SMILES string of the molecule is CC1(NCCCCCC(=O)[O-])CCS(=O)(=O)C1.[K+]. The fourth-order valence-electron chi connectivity index (χ4n) is 2.11. The van der Waals surface area contributed by atoms with Crippen LogP contribution in [-0.2, 0) is 14.6 Å². The van der Waals surface area contributed by atoms with Crippen LogP contribution in [0.25, 0.3) is 0 Å². The fourth-order valence-corrected chi connectivity index (χ4v) is 4.23. The molecule has 18 heavy (non-hydrogen) atoms. The summed E-state index contributed by atoms with van der Waals surface area (Å²) in [5.74, 6) is -0.535. The summed E-state index contributed by atoms with van der Waals surface area (Å²) in [7, 11) is -2.86. The molecule has 0 aromatic carbocycles. The van der Waals surface area contributed by atoms with E-state index in [0.717, 1.165) is 19.4 Å².